The zero-order chi connectivity index (χ0) is 24.2. The number of hydrogen-bond donors (Lipinski definition) is 1. The summed E-state index contributed by atoms with van der Waals surface area (Å²) in [4.78, 5) is 40.9. The molecule has 1 aliphatic heterocycles. The van der Waals surface area contributed by atoms with Crippen LogP contribution in [0.1, 0.15) is 56.6 Å². The fraction of sp³-hybridized carbons (Fsp3) is 0.231. The van der Waals surface area contributed by atoms with Crippen LogP contribution in [0, 0.1) is 6.92 Å². The molecule has 1 fully saturated rings. The van der Waals surface area contributed by atoms with Gasteiger partial charge in [0.15, 0.2) is 0 Å². The van der Waals surface area contributed by atoms with E-state index in [9.17, 15) is 9.59 Å². The topological polar surface area (TPSA) is 106 Å². The maximum atomic E-state index is 13.4. The molecule has 1 N–H and O–H groups in total. The Balaban J connectivity index is 1.33. The number of benzene rings is 1. The molecular formula is C26H25N7O2. The van der Waals surface area contributed by atoms with Crippen molar-refractivity contribution in [2.45, 2.75) is 32.4 Å². The minimum atomic E-state index is -0.333. The molecule has 9 heteroatoms. The van der Waals surface area contributed by atoms with Crippen molar-refractivity contribution in [1.82, 2.24) is 29.6 Å². The molecule has 0 aliphatic carbocycles. The number of anilines is 1. The first-order valence-electron chi connectivity index (χ1n) is 11.5. The first-order valence-corrected chi connectivity index (χ1v) is 11.5. The van der Waals surface area contributed by atoms with Crippen LogP contribution in [0.2, 0.25) is 0 Å². The van der Waals surface area contributed by atoms with Crippen LogP contribution in [0.15, 0.2) is 73.4 Å². The standard InChI is InChI=1S/C26H25N7O2/c1-18-10-11-24(28-14-18)31-25(34)22-8-3-7-21(30-22)23-9-4-12-33(23)26(35)20-6-2-5-19(13-20)15-32-17-27-16-29-32/h2-3,5-8,10-11,13-14,16-17,23H,4,9,12,15H2,1H3,(H,28,31,34)/t23-/m1/s1. The van der Waals surface area contributed by atoms with Crippen LogP contribution < -0.4 is 5.32 Å². The number of aromatic nitrogens is 5. The van der Waals surface area contributed by atoms with Crippen LogP contribution in [-0.4, -0.2) is 48.0 Å². The van der Waals surface area contributed by atoms with E-state index in [1.807, 2.05) is 48.2 Å². The molecule has 1 aromatic carbocycles. The number of amides is 2. The lowest BCUT2D eigenvalue weighted by atomic mass is 10.1. The van der Waals surface area contributed by atoms with Crippen molar-refractivity contribution in [2.24, 2.45) is 0 Å². The summed E-state index contributed by atoms with van der Waals surface area (Å²) in [5.41, 5.74) is 3.60. The zero-order valence-corrected chi connectivity index (χ0v) is 19.3. The second-order valence-electron chi connectivity index (χ2n) is 8.57. The Morgan fingerprint density at radius 2 is 2.00 bits per heavy atom. The summed E-state index contributed by atoms with van der Waals surface area (Å²) in [5, 5.41) is 6.92. The summed E-state index contributed by atoms with van der Waals surface area (Å²) < 4.78 is 1.72. The van der Waals surface area contributed by atoms with Gasteiger partial charge >= 0.3 is 0 Å². The number of rotatable bonds is 6. The molecule has 9 nitrogen and oxygen atoms in total. The van der Waals surface area contributed by atoms with Crippen LogP contribution in [0.5, 0.6) is 0 Å². The van der Waals surface area contributed by atoms with Gasteiger partial charge in [-0.2, -0.15) is 5.10 Å². The predicted molar refractivity (Wildman–Crippen MR) is 130 cm³/mol. The van der Waals surface area contributed by atoms with E-state index in [-0.39, 0.29) is 17.9 Å². The van der Waals surface area contributed by atoms with Crippen LogP contribution in [0.4, 0.5) is 5.82 Å². The quantitative estimate of drug-likeness (QED) is 0.464. The number of nitrogens with one attached hydrogen (secondary N) is 1. The number of likely N-dealkylation sites (tertiary alicyclic amines) is 1. The number of carbonyl (C=O) groups excluding carboxylic acids is 2. The third-order valence-electron chi connectivity index (χ3n) is 6.00. The largest absolute Gasteiger partial charge is 0.330 e. The number of aryl methyl sites for hydroxylation is 1. The van der Waals surface area contributed by atoms with Crippen molar-refractivity contribution in [3.63, 3.8) is 0 Å². The number of pyridine rings is 2. The number of carbonyl (C=O) groups is 2. The summed E-state index contributed by atoms with van der Waals surface area (Å²) in [7, 11) is 0. The van der Waals surface area contributed by atoms with Crippen LogP contribution in [0.25, 0.3) is 0 Å². The van der Waals surface area contributed by atoms with Crippen molar-refractivity contribution in [2.75, 3.05) is 11.9 Å². The molecular weight excluding hydrogens is 442 g/mol. The van der Waals surface area contributed by atoms with E-state index >= 15 is 0 Å². The lowest BCUT2D eigenvalue weighted by Gasteiger charge is -2.25. The molecule has 0 saturated carbocycles. The Kier molecular flexibility index (Phi) is 6.30. The van der Waals surface area contributed by atoms with E-state index in [0.29, 0.717) is 35.9 Å². The highest BCUT2D eigenvalue weighted by molar-refractivity contribution is 6.02. The van der Waals surface area contributed by atoms with Crippen molar-refractivity contribution in [1.29, 1.82) is 0 Å². The molecule has 0 unspecified atom stereocenters. The maximum absolute atomic E-state index is 13.4. The van der Waals surface area contributed by atoms with Gasteiger partial charge in [0, 0.05) is 18.3 Å². The number of nitrogens with zero attached hydrogens (tertiary/aromatic N) is 6. The molecule has 5 rings (SSSR count). The monoisotopic (exact) mass is 467 g/mol. The lowest BCUT2D eigenvalue weighted by Crippen LogP contribution is -2.31. The molecule has 3 aromatic heterocycles. The zero-order valence-electron chi connectivity index (χ0n) is 19.3. The van der Waals surface area contributed by atoms with Gasteiger partial charge in [0.2, 0.25) is 0 Å². The third kappa shape index (κ3) is 5.08. The van der Waals surface area contributed by atoms with Gasteiger partial charge in [0.25, 0.3) is 11.8 Å². The molecule has 4 aromatic rings. The van der Waals surface area contributed by atoms with E-state index in [1.165, 1.54) is 6.33 Å². The van der Waals surface area contributed by atoms with Gasteiger partial charge < -0.3 is 10.2 Å². The Morgan fingerprint density at radius 1 is 1.11 bits per heavy atom. The summed E-state index contributed by atoms with van der Waals surface area (Å²) in [5.74, 6) is 0.0876. The fourth-order valence-corrected chi connectivity index (χ4v) is 4.27. The molecule has 1 aliphatic rings. The van der Waals surface area contributed by atoms with Gasteiger partial charge in [-0.05, 0) is 61.2 Å². The van der Waals surface area contributed by atoms with Crippen molar-refractivity contribution < 1.29 is 9.59 Å². The second kappa shape index (κ2) is 9.84. The van der Waals surface area contributed by atoms with Gasteiger partial charge in [-0.1, -0.05) is 24.3 Å². The average Bonchev–Trinajstić information content (AvgIpc) is 3.58. The molecule has 0 spiro atoms. The third-order valence-corrected chi connectivity index (χ3v) is 6.00. The average molecular weight is 468 g/mol. The molecule has 2 amide bonds. The molecule has 1 atom stereocenters. The summed E-state index contributed by atoms with van der Waals surface area (Å²) in [6.45, 7) is 3.12. The predicted octanol–water partition coefficient (Wildman–Crippen LogP) is 3.65. The van der Waals surface area contributed by atoms with Gasteiger partial charge in [-0.25, -0.2) is 19.6 Å². The second-order valence-corrected chi connectivity index (χ2v) is 8.57. The first-order chi connectivity index (χ1) is 17.1. The first kappa shape index (κ1) is 22.4. The molecule has 35 heavy (non-hydrogen) atoms. The fourth-order valence-electron chi connectivity index (χ4n) is 4.27. The van der Waals surface area contributed by atoms with Crippen LogP contribution >= 0.6 is 0 Å². The Bertz CT molecular complexity index is 1340. The molecule has 0 bridgehead atoms. The normalized spacial score (nSPS) is 15.2. The summed E-state index contributed by atoms with van der Waals surface area (Å²) >= 11 is 0. The van der Waals surface area contributed by atoms with E-state index in [0.717, 1.165) is 24.0 Å². The highest BCUT2D eigenvalue weighted by atomic mass is 16.2. The highest BCUT2D eigenvalue weighted by Crippen LogP contribution is 2.32. The van der Waals surface area contributed by atoms with Gasteiger partial charge in [0.1, 0.15) is 24.2 Å². The van der Waals surface area contributed by atoms with Crippen molar-refractivity contribution >= 4 is 17.6 Å². The van der Waals surface area contributed by atoms with Crippen molar-refractivity contribution in [3.05, 3.63) is 102 Å². The van der Waals surface area contributed by atoms with Gasteiger partial charge in [0.05, 0.1) is 18.3 Å². The minimum absolute atomic E-state index is 0.0477. The SMILES string of the molecule is Cc1ccc(NC(=O)c2cccc([C@H]3CCCN3C(=O)c3cccc(Cn4cncn4)c3)n2)nc1. The highest BCUT2D eigenvalue weighted by Gasteiger charge is 2.32. The summed E-state index contributed by atoms with van der Waals surface area (Å²) in [6, 6.07) is 16.4. The lowest BCUT2D eigenvalue weighted by molar-refractivity contribution is 0.0732. The van der Waals surface area contributed by atoms with E-state index < -0.39 is 0 Å². The molecule has 4 heterocycles. The van der Waals surface area contributed by atoms with Crippen LogP contribution in [0.3, 0.4) is 0 Å². The smallest absolute Gasteiger partial charge is 0.275 e. The van der Waals surface area contributed by atoms with E-state index in [1.54, 1.807) is 35.4 Å². The Morgan fingerprint density at radius 3 is 2.80 bits per heavy atom. The number of hydrogen-bond acceptors (Lipinski definition) is 6. The van der Waals surface area contributed by atoms with Crippen LogP contribution in [-0.2, 0) is 6.54 Å². The molecule has 0 radical (unpaired) electrons. The van der Waals surface area contributed by atoms with E-state index in [4.69, 9.17) is 0 Å². The maximum Gasteiger partial charge on any atom is 0.275 e. The summed E-state index contributed by atoms with van der Waals surface area (Å²) in [6.07, 6.45) is 6.50. The molecule has 176 valence electrons. The van der Waals surface area contributed by atoms with Gasteiger partial charge in [-0.3, -0.25) is 9.59 Å². The Hall–Kier alpha value is -4.40. The van der Waals surface area contributed by atoms with Gasteiger partial charge in [-0.15, -0.1) is 0 Å². The minimum Gasteiger partial charge on any atom is -0.330 e. The Labute approximate surface area is 202 Å². The van der Waals surface area contributed by atoms with E-state index in [2.05, 4.69) is 25.4 Å². The van der Waals surface area contributed by atoms with Crippen molar-refractivity contribution in [3.8, 4) is 0 Å². The molecule has 1 saturated heterocycles.